The molecule has 1 saturated carbocycles. The van der Waals surface area contributed by atoms with Crippen LogP contribution in [0.1, 0.15) is 23.2 Å². The third kappa shape index (κ3) is 3.05. The van der Waals surface area contributed by atoms with Gasteiger partial charge < -0.3 is 10.0 Å². The molecule has 1 aromatic heterocycles. The van der Waals surface area contributed by atoms with Crippen LogP contribution in [0.25, 0.3) is 0 Å². The second-order valence-corrected chi connectivity index (χ2v) is 4.43. The minimum atomic E-state index is -0.983. The number of carboxylic acid groups (broad SMARTS) is 1. The number of rotatable bonds is 5. The zero-order valence-corrected chi connectivity index (χ0v) is 9.67. The zero-order chi connectivity index (χ0) is 12.4. The molecule has 1 fully saturated rings. The lowest BCUT2D eigenvalue weighted by molar-refractivity contribution is -0.137. The SMILES string of the molecule is Cn1cc(C(=O)N(CC(=O)O)CC2CC2)cn1. The number of aromatic nitrogens is 2. The summed E-state index contributed by atoms with van der Waals surface area (Å²) in [5, 5.41) is 12.7. The minimum absolute atomic E-state index is 0.246. The highest BCUT2D eigenvalue weighted by Gasteiger charge is 2.28. The normalized spacial score (nSPS) is 14.6. The van der Waals surface area contributed by atoms with Gasteiger partial charge in [-0.05, 0) is 18.8 Å². The molecular weight excluding hydrogens is 222 g/mol. The Labute approximate surface area is 98.8 Å². The predicted octanol–water partition coefficient (Wildman–Crippen LogP) is 0.357. The van der Waals surface area contributed by atoms with E-state index in [9.17, 15) is 9.59 Å². The molecule has 1 heterocycles. The van der Waals surface area contributed by atoms with Gasteiger partial charge in [0.05, 0.1) is 11.8 Å². The van der Waals surface area contributed by atoms with Gasteiger partial charge in [0.25, 0.3) is 5.91 Å². The molecule has 1 aliphatic rings. The molecule has 0 bridgehead atoms. The second-order valence-electron chi connectivity index (χ2n) is 4.43. The molecule has 17 heavy (non-hydrogen) atoms. The van der Waals surface area contributed by atoms with E-state index in [0.29, 0.717) is 18.0 Å². The lowest BCUT2D eigenvalue weighted by Crippen LogP contribution is -2.37. The van der Waals surface area contributed by atoms with Crippen LogP contribution in [0.5, 0.6) is 0 Å². The van der Waals surface area contributed by atoms with Gasteiger partial charge in [-0.1, -0.05) is 0 Å². The molecule has 0 aliphatic heterocycles. The molecule has 6 nitrogen and oxygen atoms in total. The molecule has 1 N–H and O–H groups in total. The number of carbonyl (C=O) groups is 2. The zero-order valence-electron chi connectivity index (χ0n) is 9.67. The van der Waals surface area contributed by atoms with Gasteiger partial charge in [-0.3, -0.25) is 14.3 Å². The van der Waals surface area contributed by atoms with Crippen molar-refractivity contribution in [2.45, 2.75) is 12.8 Å². The number of carboxylic acids is 1. The third-order valence-electron chi connectivity index (χ3n) is 2.74. The highest BCUT2D eigenvalue weighted by atomic mass is 16.4. The molecule has 0 unspecified atom stereocenters. The van der Waals surface area contributed by atoms with Gasteiger partial charge in [-0.15, -0.1) is 0 Å². The number of aliphatic carboxylic acids is 1. The van der Waals surface area contributed by atoms with Crippen molar-refractivity contribution in [3.05, 3.63) is 18.0 Å². The van der Waals surface area contributed by atoms with E-state index in [-0.39, 0.29) is 12.5 Å². The van der Waals surface area contributed by atoms with E-state index in [4.69, 9.17) is 5.11 Å². The van der Waals surface area contributed by atoms with Crippen LogP contribution in [0.2, 0.25) is 0 Å². The summed E-state index contributed by atoms with van der Waals surface area (Å²) in [6.07, 6.45) is 5.22. The van der Waals surface area contributed by atoms with Crippen LogP contribution in [0.3, 0.4) is 0 Å². The monoisotopic (exact) mass is 237 g/mol. The molecule has 92 valence electrons. The molecule has 0 radical (unpaired) electrons. The van der Waals surface area contributed by atoms with Gasteiger partial charge in [0.15, 0.2) is 0 Å². The number of hydrogen-bond donors (Lipinski definition) is 1. The van der Waals surface area contributed by atoms with Crippen molar-refractivity contribution < 1.29 is 14.7 Å². The van der Waals surface area contributed by atoms with Crippen LogP contribution in [0.4, 0.5) is 0 Å². The molecule has 1 aliphatic carbocycles. The molecule has 1 aromatic rings. The Kier molecular flexibility index (Phi) is 3.12. The number of amides is 1. The Morgan fingerprint density at radius 3 is 2.76 bits per heavy atom. The molecule has 1 amide bonds. The first-order valence-electron chi connectivity index (χ1n) is 5.56. The fraction of sp³-hybridized carbons (Fsp3) is 0.545. The topological polar surface area (TPSA) is 75.4 Å². The van der Waals surface area contributed by atoms with Gasteiger partial charge in [-0.2, -0.15) is 5.10 Å². The van der Waals surface area contributed by atoms with Crippen molar-refractivity contribution in [3.63, 3.8) is 0 Å². The maximum absolute atomic E-state index is 12.1. The van der Waals surface area contributed by atoms with Crippen molar-refractivity contribution in [3.8, 4) is 0 Å². The second kappa shape index (κ2) is 4.57. The van der Waals surface area contributed by atoms with E-state index in [0.717, 1.165) is 12.8 Å². The summed E-state index contributed by atoms with van der Waals surface area (Å²) < 4.78 is 1.53. The van der Waals surface area contributed by atoms with Crippen LogP contribution >= 0.6 is 0 Å². The van der Waals surface area contributed by atoms with E-state index in [1.807, 2.05) is 0 Å². The third-order valence-corrected chi connectivity index (χ3v) is 2.74. The van der Waals surface area contributed by atoms with Crippen molar-refractivity contribution in [1.82, 2.24) is 14.7 Å². The number of aryl methyl sites for hydroxylation is 1. The van der Waals surface area contributed by atoms with Crippen LogP contribution in [0, 0.1) is 5.92 Å². The van der Waals surface area contributed by atoms with Crippen molar-refractivity contribution in [2.75, 3.05) is 13.1 Å². The van der Waals surface area contributed by atoms with Crippen LogP contribution in [-0.2, 0) is 11.8 Å². The Bertz CT molecular complexity index is 437. The van der Waals surface area contributed by atoms with Crippen LogP contribution in [-0.4, -0.2) is 44.8 Å². The van der Waals surface area contributed by atoms with Crippen molar-refractivity contribution >= 4 is 11.9 Å². The first kappa shape index (κ1) is 11.6. The molecule has 0 saturated heterocycles. The van der Waals surface area contributed by atoms with Crippen molar-refractivity contribution in [1.29, 1.82) is 0 Å². The molecule has 0 spiro atoms. The predicted molar refractivity (Wildman–Crippen MR) is 59.5 cm³/mol. The molecule has 0 atom stereocenters. The standard InChI is InChI=1S/C11H15N3O3/c1-13-6-9(4-12-13)11(17)14(7-10(15)16)5-8-2-3-8/h4,6,8H,2-3,5,7H2,1H3,(H,15,16). The molecule has 2 rings (SSSR count). The largest absolute Gasteiger partial charge is 0.480 e. The quantitative estimate of drug-likeness (QED) is 0.802. The van der Waals surface area contributed by atoms with Gasteiger partial charge in [0.1, 0.15) is 6.54 Å². The van der Waals surface area contributed by atoms with Crippen LogP contribution in [0.15, 0.2) is 12.4 Å². The summed E-state index contributed by atoms with van der Waals surface area (Å²) in [5.41, 5.74) is 0.439. The number of carbonyl (C=O) groups excluding carboxylic acids is 1. The summed E-state index contributed by atoms with van der Waals surface area (Å²) in [6.45, 7) is 0.282. The fourth-order valence-corrected chi connectivity index (χ4v) is 1.71. The minimum Gasteiger partial charge on any atom is -0.480 e. The molecular formula is C11H15N3O3. The first-order valence-corrected chi connectivity index (χ1v) is 5.56. The van der Waals surface area contributed by atoms with E-state index in [2.05, 4.69) is 5.10 Å². The maximum atomic E-state index is 12.1. The highest BCUT2D eigenvalue weighted by Crippen LogP contribution is 2.30. The van der Waals surface area contributed by atoms with Gasteiger partial charge in [0, 0.05) is 19.8 Å². The lowest BCUT2D eigenvalue weighted by Gasteiger charge is -2.19. The summed E-state index contributed by atoms with van der Waals surface area (Å²) in [4.78, 5) is 24.2. The highest BCUT2D eigenvalue weighted by molar-refractivity contribution is 5.95. The average molecular weight is 237 g/mol. The van der Waals surface area contributed by atoms with Gasteiger partial charge in [0.2, 0.25) is 0 Å². The van der Waals surface area contributed by atoms with Gasteiger partial charge in [-0.25, -0.2) is 0 Å². The van der Waals surface area contributed by atoms with E-state index in [1.165, 1.54) is 15.8 Å². The molecule has 0 aromatic carbocycles. The Balaban J connectivity index is 2.07. The maximum Gasteiger partial charge on any atom is 0.323 e. The summed E-state index contributed by atoms with van der Waals surface area (Å²) >= 11 is 0. The van der Waals surface area contributed by atoms with E-state index < -0.39 is 5.97 Å². The first-order chi connectivity index (χ1) is 8.06. The summed E-state index contributed by atoms with van der Waals surface area (Å²) in [6, 6.07) is 0. The fourth-order valence-electron chi connectivity index (χ4n) is 1.71. The summed E-state index contributed by atoms with van der Waals surface area (Å²) in [5.74, 6) is -0.773. The van der Waals surface area contributed by atoms with Gasteiger partial charge >= 0.3 is 5.97 Å². The lowest BCUT2D eigenvalue weighted by atomic mass is 10.2. The average Bonchev–Trinajstić information content (AvgIpc) is 2.96. The number of hydrogen-bond acceptors (Lipinski definition) is 3. The van der Waals surface area contributed by atoms with E-state index in [1.54, 1.807) is 13.2 Å². The molecule has 6 heteroatoms. The van der Waals surface area contributed by atoms with E-state index >= 15 is 0 Å². The Morgan fingerprint density at radius 2 is 2.29 bits per heavy atom. The smallest absolute Gasteiger partial charge is 0.323 e. The number of nitrogens with zero attached hydrogens (tertiary/aromatic N) is 3. The Morgan fingerprint density at radius 1 is 1.59 bits per heavy atom. The van der Waals surface area contributed by atoms with Crippen LogP contribution < -0.4 is 0 Å². The Hall–Kier alpha value is -1.85. The van der Waals surface area contributed by atoms with Crippen molar-refractivity contribution in [2.24, 2.45) is 13.0 Å². The summed E-state index contributed by atoms with van der Waals surface area (Å²) in [7, 11) is 1.72.